The number of aromatic nitrogens is 2. The van der Waals surface area contributed by atoms with Gasteiger partial charge in [-0.3, -0.25) is 4.39 Å². The Labute approximate surface area is 357 Å². The molecule has 3 aromatic heterocycles. The van der Waals surface area contributed by atoms with Crippen LogP contribution >= 0.6 is 0 Å². The summed E-state index contributed by atoms with van der Waals surface area (Å²) in [6.45, 7) is -2.94. The summed E-state index contributed by atoms with van der Waals surface area (Å²) in [5.41, 5.74) is 8.05. The van der Waals surface area contributed by atoms with Crippen molar-refractivity contribution in [3.05, 3.63) is 168 Å². The summed E-state index contributed by atoms with van der Waals surface area (Å²) in [6.07, 6.45) is 6.23. The average molecular weight is 923 g/mol. The molecular weight excluding hydrogens is 868 g/mol. The van der Waals surface area contributed by atoms with E-state index >= 15 is 0 Å². The molecule has 56 heavy (non-hydrogen) atoms. The smallest absolute Gasteiger partial charge is 0.120 e. The average Bonchev–Trinajstić information content (AvgIpc) is 3.66. The predicted octanol–water partition coefficient (Wildman–Crippen LogP) is 14.1. The largest absolute Gasteiger partial charge is 0.501 e. The molecule has 0 bridgehead atoms. The van der Waals surface area contributed by atoms with Crippen molar-refractivity contribution in [3.8, 4) is 44.8 Å². The van der Waals surface area contributed by atoms with Gasteiger partial charge in [0.2, 0.25) is 0 Å². The molecule has 0 spiro atoms. The van der Waals surface area contributed by atoms with E-state index in [4.69, 9.17) is 16.8 Å². The SMILES string of the molecule is [2H]C([2H])([2H])c1cc(C2([2H])CCC(C)(C)CC2)ccc1-c1ccc(-c2ccnc(-c3[c-]ccc4c3oc3ccccc34)c2)cc1.[2H]C([2H])([2H])c1cnc(-c2[c-]cc(F)cc2)cc1C([2H])([2H])[2H].[Ir]. The van der Waals surface area contributed by atoms with Gasteiger partial charge in [-0.15, -0.1) is 48.0 Å². The summed E-state index contributed by atoms with van der Waals surface area (Å²) in [4.78, 5) is 8.61. The van der Waals surface area contributed by atoms with Crippen LogP contribution in [0.1, 0.15) is 81.4 Å². The molecule has 9 rings (SSSR count). The summed E-state index contributed by atoms with van der Waals surface area (Å²) in [5, 5.41) is 2.10. The summed E-state index contributed by atoms with van der Waals surface area (Å²) in [5.74, 6) is -1.23. The molecular formula is C51H45FIrN2O-2. The Morgan fingerprint density at radius 2 is 1.54 bits per heavy atom. The maximum atomic E-state index is 12.9. The molecule has 1 saturated carbocycles. The molecule has 8 aromatic rings. The third-order valence-corrected chi connectivity index (χ3v) is 10.5. The first-order valence-corrected chi connectivity index (χ1v) is 18.3. The van der Waals surface area contributed by atoms with Crippen LogP contribution in [0, 0.1) is 43.9 Å². The van der Waals surface area contributed by atoms with Gasteiger partial charge in [-0.05, 0) is 120 Å². The fraction of sp³-hybridized carbons (Fsp3) is 0.216. The van der Waals surface area contributed by atoms with Gasteiger partial charge in [-0.1, -0.05) is 103 Å². The summed E-state index contributed by atoms with van der Waals surface area (Å²) in [6, 6.07) is 40.4. The van der Waals surface area contributed by atoms with Crippen LogP contribution in [0.15, 0.2) is 132 Å². The van der Waals surface area contributed by atoms with Crippen molar-refractivity contribution in [2.45, 2.75) is 66.0 Å². The van der Waals surface area contributed by atoms with Gasteiger partial charge in [0.05, 0.1) is 5.58 Å². The first-order valence-electron chi connectivity index (χ1n) is 23.3. The molecule has 0 amide bonds. The number of hydrogen-bond donors (Lipinski definition) is 0. The van der Waals surface area contributed by atoms with Gasteiger partial charge in [-0.25, -0.2) is 0 Å². The number of pyridine rings is 2. The van der Waals surface area contributed by atoms with E-state index in [2.05, 4.69) is 42.0 Å². The van der Waals surface area contributed by atoms with Crippen molar-refractivity contribution in [2.24, 2.45) is 5.41 Å². The second-order valence-corrected chi connectivity index (χ2v) is 14.8. The zero-order valence-electron chi connectivity index (χ0n) is 41.0. The van der Waals surface area contributed by atoms with Crippen LogP contribution in [-0.4, -0.2) is 9.97 Å². The van der Waals surface area contributed by atoms with Crippen molar-refractivity contribution in [1.29, 1.82) is 0 Å². The fourth-order valence-corrected chi connectivity index (χ4v) is 7.17. The second-order valence-electron chi connectivity index (χ2n) is 14.8. The molecule has 0 N–H and O–H groups in total. The Balaban J connectivity index is 0.000000249. The molecule has 0 unspecified atom stereocenters. The molecule has 1 fully saturated rings. The predicted molar refractivity (Wildman–Crippen MR) is 224 cm³/mol. The number of furan rings is 1. The van der Waals surface area contributed by atoms with Crippen molar-refractivity contribution < 1.29 is 42.6 Å². The van der Waals surface area contributed by atoms with Gasteiger partial charge < -0.3 is 14.4 Å². The van der Waals surface area contributed by atoms with E-state index in [1.807, 2.05) is 78.9 Å². The zero-order chi connectivity index (χ0) is 46.5. The summed E-state index contributed by atoms with van der Waals surface area (Å²) >= 11 is 0. The third-order valence-electron chi connectivity index (χ3n) is 10.5. The van der Waals surface area contributed by atoms with Gasteiger partial charge in [0.1, 0.15) is 5.58 Å². The molecule has 283 valence electrons. The molecule has 0 atom stereocenters. The van der Waals surface area contributed by atoms with Crippen LogP contribution in [0.5, 0.6) is 0 Å². The van der Waals surface area contributed by atoms with Gasteiger partial charge >= 0.3 is 0 Å². The third kappa shape index (κ3) is 8.31. The van der Waals surface area contributed by atoms with Gasteiger partial charge in [0, 0.05) is 57.4 Å². The Morgan fingerprint density at radius 3 is 2.30 bits per heavy atom. The van der Waals surface area contributed by atoms with Crippen molar-refractivity contribution in [1.82, 2.24) is 9.97 Å². The standard InChI is InChI=1S/C38H34NO.C13H11FN.Ir/c1-25-23-29(27-17-20-38(2,3)21-18-27)15-16-31(25)28-13-11-26(12-14-28)30-19-22-39-35(24-30)34-9-6-8-33-32-7-4-5-10-36(32)40-37(33)34;1-9-7-13(15-8-10(9)2)11-3-5-12(14)6-4-11;/h4-8,10-16,19,22-24,27H,17-18,20-21H2,1-3H3;3,5-8H,1-2H3;/q2*-1;/i1D3,27D;1D3,2D3;. The maximum absolute atomic E-state index is 12.9. The van der Waals surface area contributed by atoms with Crippen LogP contribution in [0.3, 0.4) is 0 Å². The van der Waals surface area contributed by atoms with Crippen molar-refractivity contribution in [3.63, 3.8) is 0 Å². The van der Waals surface area contributed by atoms with E-state index < -0.39 is 32.3 Å². The number of halogens is 1. The van der Waals surface area contributed by atoms with Crippen LogP contribution in [-0.2, 0) is 20.1 Å². The number of hydrogen-bond acceptors (Lipinski definition) is 3. The summed E-state index contributed by atoms with van der Waals surface area (Å²) < 4.78 is 97.8. The van der Waals surface area contributed by atoms with Gasteiger partial charge in [0.15, 0.2) is 0 Å². The van der Waals surface area contributed by atoms with E-state index in [0.717, 1.165) is 93.4 Å². The monoisotopic (exact) mass is 923 g/mol. The number of aryl methyl sites for hydroxylation is 3. The van der Waals surface area contributed by atoms with Gasteiger partial charge in [-0.2, -0.15) is 0 Å². The first kappa shape index (κ1) is 28.2. The molecule has 1 aliphatic carbocycles. The van der Waals surface area contributed by atoms with Crippen molar-refractivity contribution in [2.75, 3.05) is 0 Å². The van der Waals surface area contributed by atoms with Crippen LogP contribution < -0.4 is 0 Å². The minimum atomic E-state index is -2.58. The Hall–Kier alpha value is -5.22. The Morgan fingerprint density at radius 1 is 0.750 bits per heavy atom. The Bertz CT molecular complexity index is 3000. The summed E-state index contributed by atoms with van der Waals surface area (Å²) in [7, 11) is 0. The number of benzene rings is 5. The molecule has 0 aliphatic heterocycles. The molecule has 0 saturated heterocycles. The minimum Gasteiger partial charge on any atom is -0.501 e. The molecule has 3 heterocycles. The van der Waals surface area contributed by atoms with E-state index in [1.165, 1.54) is 18.2 Å². The minimum absolute atomic E-state index is 0. The van der Waals surface area contributed by atoms with E-state index in [0.29, 0.717) is 16.7 Å². The number of rotatable bonds is 5. The molecule has 5 heteroatoms. The topological polar surface area (TPSA) is 38.9 Å². The van der Waals surface area contributed by atoms with Crippen LogP contribution in [0.25, 0.3) is 66.7 Å². The molecule has 1 aliphatic rings. The molecule has 3 nitrogen and oxygen atoms in total. The quantitative estimate of drug-likeness (QED) is 0.161. The Kier molecular flexibility index (Phi) is 8.30. The number of nitrogens with zero attached hydrogens (tertiary/aromatic N) is 2. The molecule has 5 aromatic carbocycles. The number of fused-ring (bicyclic) bond motifs is 3. The zero-order valence-corrected chi connectivity index (χ0v) is 33.4. The fourth-order valence-electron chi connectivity index (χ4n) is 7.17. The second kappa shape index (κ2) is 16.5. The normalized spacial score (nSPS) is 17.8. The van der Waals surface area contributed by atoms with E-state index in [1.54, 1.807) is 12.3 Å². The van der Waals surface area contributed by atoms with Crippen molar-refractivity contribution >= 4 is 21.9 Å². The number of para-hydroxylation sites is 1. The molecule has 1 radical (unpaired) electrons. The van der Waals surface area contributed by atoms with E-state index in [-0.39, 0.29) is 42.3 Å². The van der Waals surface area contributed by atoms with Crippen LogP contribution in [0.4, 0.5) is 4.39 Å². The van der Waals surface area contributed by atoms with Crippen LogP contribution in [0.2, 0.25) is 0 Å². The van der Waals surface area contributed by atoms with Gasteiger partial charge in [0.25, 0.3) is 0 Å². The first-order chi connectivity index (χ1) is 30.6. The van der Waals surface area contributed by atoms with E-state index in [9.17, 15) is 5.76 Å². The maximum Gasteiger partial charge on any atom is 0.120 e.